The van der Waals surface area contributed by atoms with Gasteiger partial charge in [-0.25, -0.2) is 0 Å². The third kappa shape index (κ3) is 4.82. The summed E-state index contributed by atoms with van der Waals surface area (Å²) in [4.78, 5) is 0. The van der Waals surface area contributed by atoms with Crippen LogP contribution in [0.3, 0.4) is 0 Å². The quantitative estimate of drug-likeness (QED) is 0.612. The van der Waals surface area contributed by atoms with Gasteiger partial charge in [-0.2, -0.15) is 5.11 Å². The van der Waals surface area contributed by atoms with Crippen LogP contribution in [0.5, 0.6) is 0 Å². The van der Waals surface area contributed by atoms with Gasteiger partial charge in [0.25, 0.3) is 0 Å². The summed E-state index contributed by atoms with van der Waals surface area (Å²) in [7, 11) is 0. The zero-order valence-corrected chi connectivity index (χ0v) is 11.1. The van der Waals surface area contributed by atoms with Crippen molar-refractivity contribution in [3.8, 4) is 0 Å². The second-order valence-corrected chi connectivity index (χ2v) is 4.82. The smallest absolute Gasteiger partial charge is 0.220 e. The molecule has 0 spiro atoms. The molecule has 0 aromatic rings. The predicted octanol–water partition coefficient (Wildman–Crippen LogP) is 1.24. The van der Waals surface area contributed by atoms with Crippen LogP contribution in [0, 0.1) is 0 Å². The normalized spacial score (nSPS) is 32.0. The average Bonchev–Trinajstić information content (AvgIpc) is 2.64. The lowest BCUT2D eigenvalue weighted by atomic mass is 10.1. The van der Waals surface area contributed by atoms with Crippen molar-refractivity contribution in [2.45, 2.75) is 70.1 Å². The van der Waals surface area contributed by atoms with Gasteiger partial charge in [0.15, 0.2) is 0 Å². The van der Waals surface area contributed by atoms with Crippen LogP contribution in [0.4, 0.5) is 0 Å². The van der Waals surface area contributed by atoms with Gasteiger partial charge >= 0.3 is 0 Å². The maximum atomic E-state index is 11.4. The fourth-order valence-corrected chi connectivity index (χ4v) is 2.13. The van der Waals surface area contributed by atoms with E-state index in [-0.39, 0.29) is 6.61 Å². The molecule has 5 heteroatoms. The standard InChI is InChI=1S/C13H25O5/c1-2-3-4-5-6-7-8-17-12-11(15)10(9-14)18-13(12)16/h10-15H,2-9H2,1H3/t10-,11-,12-,13?/m1/s1. The second kappa shape index (κ2) is 8.82. The summed E-state index contributed by atoms with van der Waals surface area (Å²) >= 11 is 0. The van der Waals surface area contributed by atoms with E-state index in [1.54, 1.807) is 0 Å². The molecule has 1 unspecified atom stereocenters. The fourth-order valence-electron chi connectivity index (χ4n) is 2.13. The van der Waals surface area contributed by atoms with E-state index in [0.29, 0.717) is 6.61 Å². The molecule has 0 aliphatic carbocycles. The monoisotopic (exact) mass is 261 g/mol. The van der Waals surface area contributed by atoms with Crippen LogP contribution < -0.4 is 0 Å². The Morgan fingerprint density at radius 3 is 2.44 bits per heavy atom. The van der Waals surface area contributed by atoms with Gasteiger partial charge in [-0.15, -0.1) is 0 Å². The summed E-state index contributed by atoms with van der Waals surface area (Å²) in [6, 6.07) is 0. The molecule has 1 heterocycles. The number of rotatable bonds is 9. The molecule has 1 fully saturated rings. The van der Waals surface area contributed by atoms with E-state index in [2.05, 4.69) is 6.92 Å². The predicted molar refractivity (Wildman–Crippen MR) is 65.6 cm³/mol. The maximum absolute atomic E-state index is 11.4. The number of hydrogen-bond donors (Lipinski definition) is 2. The van der Waals surface area contributed by atoms with Crippen molar-refractivity contribution >= 4 is 0 Å². The third-order valence-corrected chi connectivity index (χ3v) is 3.28. The molecule has 2 N–H and O–H groups in total. The topological polar surface area (TPSA) is 78.8 Å². The lowest BCUT2D eigenvalue weighted by molar-refractivity contribution is -0.180. The van der Waals surface area contributed by atoms with E-state index in [9.17, 15) is 10.2 Å². The summed E-state index contributed by atoms with van der Waals surface area (Å²) in [5.41, 5.74) is 0. The Hall–Kier alpha value is -0.200. The SMILES string of the molecule is CCCCCCCCO[C@H]1C([O])O[C@H](CO)[C@H]1O. The van der Waals surface area contributed by atoms with Gasteiger partial charge in [-0.05, 0) is 6.42 Å². The van der Waals surface area contributed by atoms with Crippen molar-refractivity contribution in [1.82, 2.24) is 0 Å². The Balaban J connectivity index is 2.08. The molecule has 107 valence electrons. The fraction of sp³-hybridized carbons (Fsp3) is 1.00. The second-order valence-electron chi connectivity index (χ2n) is 4.82. The summed E-state index contributed by atoms with van der Waals surface area (Å²) in [6.07, 6.45) is 2.82. The molecule has 0 bridgehead atoms. The minimum absolute atomic E-state index is 0.350. The van der Waals surface area contributed by atoms with E-state index < -0.39 is 24.6 Å². The van der Waals surface area contributed by atoms with Gasteiger partial charge in [-0.1, -0.05) is 39.0 Å². The van der Waals surface area contributed by atoms with Crippen molar-refractivity contribution in [2.75, 3.05) is 13.2 Å². The summed E-state index contributed by atoms with van der Waals surface area (Å²) in [6.45, 7) is 2.29. The number of unbranched alkanes of at least 4 members (excludes halogenated alkanes) is 5. The van der Waals surface area contributed by atoms with Crippen LogP contribution in [0.1, 0.15) is 45.4 Å². The molecule has 5 nitrogen and oxygen atoms in total. The summed E-state index contributed by atoms with van der Waals surface area (Å²) < 4.78 is 10.2. The first-order chi connectivity index (χ1) is 8.70. The van der Waals surface area contributed by atoms with Gasteiger partial charge in [0.2, 0.25) is 6.29 Å². The van der Waals surface area contributed by atoms with Crippen LogP contribution in [0.25, 0.3) is 0 Å². The van der Waals surface area contributed by atoms with Gasteiger partial charge in [-0.3, -0.25) is 0 Å². The molecule has 1 aliphatic rings. The van der Waals surface area contributed by atoms with E-state index in [4.69, 9.17) is 14.6 Å². The highest BCUT2D eigenvalue weighted by molar-refractivity contribution is 4.86. The molecular weight excluding hydrogens is 236 g/mol. The van der Waals surface area contributed by atoms with Crippen molar-refractivity contribution in [3.63, 3.8) is 0 Å². The lowest BCUT2D eigenvalue weighted by Gasteiger charge is -2.16. The molecule has 0 aromatic heterocycles. The Morgan fingerprint density at radius 2 is 1.83 bits per heavy atom. The molecule has 1 saturated heterocycles. The van der Waals surface area contributed by atoms with Gasteiger partial charge in [0, 0.05) is 6.61 Å². The molecule has 0 saturated carbocycles. The van der Waals surface area contributed by atoms with Crippen molar-refractivity contribution in [2.24, 2.45) is 0 Å². The number of aliphatic hydroxyl groups excluding tert-OH is 2. The maximum Gasteiger partial charge on any atom is 0.220 e. The van der Waals surface area contributed by atoms with E-state index in [1.807, 2.05) is 0 Å². The Kier molecular flexibility index (Phi) is 7.77. The van der Waals surface area contributed by atoms with Crippen molar-refractivity contribution in [3.05, 3.63) is 0 Å². The van der Waals surface area contributed by atoms with Crippen LogP contribution >= 0.6 is 0 Å². The van der Waals surface area contributed by atoms with Crippen LogP contribution in [0.15, 0.2) is 0 Å². The zero-order chi connectivity index (χ0) is 13.4. The van der Waals surface area contributed by atoms with E-state index in [1.165, 1.54) is 25.7 Å². The van der Waals surface area contributed by atoms with E-state index in [0.717, 1.165) is 12.8 Å². The van der Waals surface area contributed by atoms with Crippen LogP contribution in [0.2, 0.25) is 0 Å². The largest absolute Gasteiger partial charge is 0.394 e. The first-order valence-corrected chi connectivity index (χ1v) is 6.92. The van der Waals surface area contributed by atoms with Gasteiger partial charge in [0.05, 0.1) is 6.61 Å². The number of hydrogen-bond acceptors (Lipinski definition) is 4. The van der Waals surface area contributed by atoms with Gasteiger partial charge < -0.3 is 19.7 Å². The minimum atomic E-state index is -1.39. The zero-order valence-electron chi connectivity index (χ0n) is 11.1. The molecule has 0 aromatic carbocycles. The van der Waals surface area contributed by atoms with Crippen LogP contribution in [-0.2, 0) is 14.6 Å². The highest BCUT2D eigenvalue weighted by Gasteiger charge is 2.44. The Bertz CT molecular complexity index is 212. The number of aliphatic hydroxyl groups is 2. The highest BCUT2D eigenvalue weighted by atomic mass is 16.7. The molecular formula is C13H25O5. The minimum Gasteiger partial charge on any atom is -0.394 e. The highest BCUT2D eigenvalue weighted by Crippen LogP contribution is 2.22. The van der Waals surface area contributed by atoms with E-state index >= 15 is 0 Å². The van der Waals surface area contributed by atoms with Crippen molar-refractivity contribution in [1.29, 1.82) is 0 Å². The molecule has 18 heavy (non-hydrogen) atoms. The lowest BCUT2D eigenvalue weighted by Crippen LogP contribution is -2.36. The number of ether oxygens (including phenoxy) is 2. The molecule has 1 radical (unpaired) electrons. The average molecular weight is 261 g/mol. The van der Waals surface area contributed by atoms with Crippen molar-refractivity contribution < 1.29 is 24.8 Å². The third-order valence-electron chi connectivity index (χ3n) is 3.28. The molecule has 1 rings (SSSR count). The van der Waals surface area contributed by atoms with Crippen LogP contribution in [-0.4, -0.2) is 48.0 Å². The molecule has 1 aliphatic heterocycles. The first kappa shape index (κ1) is 15.9. The summed E-state index contributed by atoms with van der Waals surface area (Å²) in [5.74, 6) is 0. The van der Waals surface area contributed by atoms with Gasteiger partial charge in [0.1, 0.15) is 18.3 Å². The Labute approximate surface area is 109 Å². The molecule has 4 atom stereocenters. The molecule has 0 amide bonds. The first-order valence-electron chi connectivity index (χ1n) is 6.92. The summed E-state index contributed by atoms with van der Waals surface area (Å²) in [5, 5.41) is 30.0. The Morgan fingerprint density at radius 1 is 1.17 bits per heavy atom.